The predicted octanol–water partition coefficient (Wildman–Crippen LogP) is 4.84. The molecule has 0 saturated heterocycles. The number of anilines is 1. The number of nitrogens with two attached hydrogens (primary N) is 1. The smallest absolute Gasteiger partial charge is 0.355 e. The molecule has 0 bridgehead atoms. The van der Waals surface area contributed by atoms with Crippen molar-refractivity contribution in [3.05, 3.63) is 94.7 Å². The highest BCUT2D eigenvalue weighted by Gasteiger charge is 2.28. The molecule has 2 N–H and O–H groups in total. The fraction of sp³-hybridized carbons (Fsp3) is 0.161. The van der Waals surface area contributed by atoms with Crippen molar-refractivity contribution < 1.29 is 28.5 Å². The van der Waals surface area contributed by atoms with Crippen molar-refractivity contribution in [2.45, 2.75) is 6.61 Å². The zero-order valence-electron chi connectivity index (χ0n) is 23.8. The monoisotopic (exact) mass is 604 g/mol. The second kappa shape index (κ2) is 13.1. The minimum atomic E-state index is -0.745. The molecule has 0 amide bonds. The van der Waals surface area contributed by atoms with Crippen LogP contribution in [0.15, 0.2) is 77.7 Å². The van der Waals surface area contributed by atoms with Gasteiger partial charge in [0.2, 0.25) is 11.6 Å². The molecule has 222 valence electrons. The molecule has 5 rings (SSSR count). The number of fused-ring (bicyclic) bond motifs is 1. The predicted molar refractivity (Wildman–Crippen MR) is 164 cm³/mol. The molecule has 3 heterocycles. The van der Waals surface area contributed by atoms with Gasteiger partial charge in [0, 0.05) is 34.6 Å². The number of pyridine rings is 3. The number of ether oxygens (including phenoxy) is 5. The van der Waals surface area contributed by atoms with E-state index in [4.69, 9.17) is 29.4 Å². The van der Waals surface area contributed by atoms with Crippen LogP contribution >= 0.6 is 12.4 Å². The maximum absolute atomic E-state index is 14.1. The van der Waals surface area contributed by atoms with Crippen molar-refractivity contribution in [2.75, 3.05) is 34.2 Å². The van der Waals surface area contributed by atoms with Gasteiger partial charge < -0.3 is 29.4 Å². The average molecular weight is 605 g/mol. The Labute approximate surface area is 253 Å². The zero-order valence-corrected chi connectivity index (χ0v) is 24.6. The van der Waals surface area contributed by atoms with E-state index in [9.17, 15) is 9.59 Å². The van der Waals surface area contributed by atoms with Gasteiger partial charge in [-0.2, -0.15) is 0 Å². The molecule has 0 unspecified atom stereocenters. The van der Waals surface area contributed by atoms with Crippen molar-refractivity contribution in [1.82, 2.24) is 14.5 Å². The van der Waals surface area contributed by atoms with E-state index in [1.807, 2.05) is 12.1 Å². The second-order valence-corrected chi connectivity index (χ2v) is 9.02. The third-order valence-corrected chi connectivity index (χ3v) is 6.58. The molecule has 3 aromatic heterocycles. The van der Waals surface area contributed by atoms with Crippen molar-refractivity contribution in [3.8, 4) is 39.9 Å². The van der Waals surface area contributed by atoms with E-state index in [0.717, 1.165) is 0 Å². The Hall–Kier alpha value is -5.29. The van der Waals surface area contributed by atoms with Crippen LogP contribution in [0.5, 0.6) is 23.1 Å². The molecule has 0 aliphatic heterocycles. The molecular formula is C31H29ClN4O7. The summed E-state index contributed by atoms with van der Waals surface area (Å²) >= 11 is 0. The molecule has 11 nitrogen and oxygen atoms in total. The quantitative estimate of drug-likeness (QED) is 0.184. The Morgan fingerprint density at radius 1 is 0.907 bits per heavy atom. The Balaban J connectivity index is 0.00000423. The number of carbonyl (C=O) groups excluding carboxylic acids is 1. The number of rotatable bonds is 9. The van der Waals surface area contributed by atoms with E-state index in [1.165, 1.54) is 33.0 Å². The van der Waals surface area contributed by atoms with Crippen LogP contribution in [0, 0.1) is 0 Å². The molecule has 0 aliphatic rings. The SMILES string of the molecule is COC(=O)c1c(-c2cc(OC)c(OC)c(OC)c2)c2ccc(OCc3ccccn3)nc2c(=O)n1-c1ccc(N)cc1.Cl. The number of carbonyl (C=O) groups is 1. The number of methoxy groups -OCH3 is 4. The third-order valence-electron chi connectivity index (χ3n) is 6.58. The highest BCUT2D eigenvalue weighted by Crippen LogP contribution is 2.43. The number of aromatic nitrogens is 3. The highest BCUT2D eigenvalue weighted by molar-refractivity contribution is 6.06. The van der Waals surface area contributed by atoms with Crippen molar-refractivity contribution in [1.29, 1.82) is 0 Å². The van der Waals surface area contributed by atoms with Gasteiger partial charge in [-0.25, -0.2) is 9.78 Å². The Kier molecular flexibility index (Phi) is 9.36. The Morgan fingerprint density at radius 3 is 2.19 bits per heavy atom. The van der Waals surface area contributed by atoms with Crippen molar-refractivity contribution in [3.63, 3.8) is 0 Å². The maximum Gasteiger partial charge on any atom is 0.355 e. The summed E-state index contributed by atoms with van der Waals surface area (Å²) < 4.78 is 29.0. The largest absolute Gasteiger partial charge is 0.493 e. The van der Waals surface area contributed by atoms with E-state index < -0.39 is 11.5 Å². The first-order valence-electron chi connectivity index (χ1n) is 12.8. The molecule has 0 aliphatic carbocycles. The molecule has 0 fully saturated rings. The Morgan fingerprint density at radius 2 is 1.60 bits per heavy atom. The topological polar surface area (TPSA) is 137 Å². The van der Waals surface area contributed by atoms with Gasteiger partial charge in [0.05, 0.1) is 34.1 Å². The van der Waals surface area contributed by atoms with Gasteiger partial charge in [-0.15, -0.1) is 12.4 Å². The fourth-order valence-electron chi connectivity index (χ4n) is 4.64. The summed E-state index contributed by atoms with van der Waals surface area (Å²) in [7, 11) is 5.72. The minimum absolute atomic E-state index is 0. The number of benzene rings is 2. The standard InChI is InChI=1S/C31H28N4O7.ClH/c1-38-23-15-18(16-24(39-2)29(23)40-3)26-22-12-13-25(42-17-20-7-5-6-14-33-20)34-27(22)30(36)35(28(26)31(37)41-4)21-10-8-19(32)9-11-21;/h5-16H,17,32H2,1-4H3;1H. The number of nitrogens with zero attached hydrogens (tertiary/aromatic N) is 3. The van der Waals surface area contributed by atoms with Crippen LogP contribution < -0.4 is 30.2 Å². The molecule has 0 saturated carbocycles. The van der Waals surface area contributed by atoms with Crippen LogP contribution in [0.3, 0.4) is 0 Å². The van der Waals surface area contributed by atoms with Crippen LogP contribution in [0.1, 0.15) is 16.2 Å². The summed E-state index contributed by atoms with van der Waals surface area (Å²) in [6.45, 7) is 0.144. The lowest BCUT2D eigenvalue weighted by Gasteiger charge is -2.20. The number of halogens is 1. The van der Waals surface area contributed by atoms with Crippen LogP contribution in [0.25, 0.3) is 27.7 Å². The number of hydrogen-bond donors (Lipinski definition) is 1. The first kappa shape index (κ1) is 30.7. The summed E-state index contributed by atoms with van der Waals surface area (Å²) in [6.07, 6.45) is 1.66. The summed E-state index contributed by atoms with van der Waals surface area (Å²) in [5.74, 6) is 0.525. The first-order valence-corrected chi connectivity index (χ1v) is 12.8. The second-order valence-electron chi connectivity index (χ2n) is 9.02. The maximum atomic E-state index is 14.1. The molecule has 43 heavy (non-hydrogen) atoms. The van der Waals surface area contributed by atoms with Crippen LogP contribution in [-0.2, 0) is 11.3 Å². The first-order chi connectivity index (χ1) is 20.4. The normalized spacial score (nSPS) is 10.5. The van der Waals surface area contributed by atoms with Gasteiger partial charge in [0.25, 0.3) is 5.56 Å². The minimum Gasteiger partial charge on any atom is -0.493 e. The average Bonchev–Trinajstić information content (AvgIpc) is 3.03. The molecular weight excluding hydrogens is 576 g/mol. The molecule has 0 spiro atoms. The van der Waals surface area contributed by atoms with Crippen LogP contribution in [0.2, 0.25) is 0 Å². The van der Waals surface area contributed by atoms with E-state index in [0.29, 0.717) is 50.8 Å². The lowest BCUT2D eigenvalue weighted by atomic mass is 9.97. The lowest BCUT2D eigenvalue weighted by molar-refractivity contribution is 0.0591. The van der Waals surface area contributed by atoms with E-state index >= 15 is 0 Å². The van der Waals surface area contributed by atoms with Crippen molar-refractivity contribution >= 4 is 35.0 Å². The fourth-order valence-corrected chi connectivity index (χ4v) is 4.64. The van der Waals surface area contributed by atoms with E-state index in [1.54, 1.807) is 60.8 Å². The molecule has 2 aromatic carbocycles. The van der Waals surface area contributed by atoms with E-state index in [2.05, 4.69) is 9.97 Å². The van der Waals surface area contributed by atoms with Gasteiger partial charge >= 0.3 is 5.97 Å². The van der Waals surface area contributed by atoms with Crippen LogP contribution in [-0.4, -0.2) is 48.9 Å². The summed E-state index contributed by atoms with van der Waals surface area (Å²) in [5, 5.41) is 0.381. The van der Waals surface area contributed by atoms with Gasteiger partial charge in [-0.3, -0.25) is 14.3 Å². The molecule has 5 aromatic rings. The molecule has 0 radical (unpaired) electrons. The van der Waals surface area contributed by atoms with Crippen LogP contribution in [0.4, 0.5) is 5.69 Å². The summed E-state index contributed by atoms with van der Waals surface area (Å²) in [6, 6.07) is 18.7. The highest BCUT2D eigenvalue weighted by atomic mass is 35.5. The number of esters is 1. The lowest BCUT2D eigenvalue weighted by Crippen LogP contribution is -2.27. The zero-order chi connectivity index (χ0) is 29.8. The Bertz CT molecular complexity index is 1800. The third kappa shape index (κ3) is 5.88. The van der Waals surface area contributed by atoms with E-state index in [-0.39, 0.29) is 36.1 Å². The molecule has 12 heteroatoms. The van der Waals surface area contributed by atoms with Crippen molar-refractivity contribution in [2.24, 2.45) is 0 Å². The number of nitrogen functional groups attached to an aromatic ring is 1. The molecule has 0 atom stereocenters. The van der Waals surface area contributed by atoms with Gasteiger partial charge in [-0.1, -0.05) is 6.07 Å². The van der Waals surface area contributed by atoms with Gasteiger partial charge in [-0.05, 0) is 60.2 Å². The van der Waals surface area contributed by atoms with Gasteiger partial charge in [0.15, 0.2) is 11.5 Å². The summed E-state index contributed by atoms with van der Waals surface area (Å²) in [5.41, 5.74) is 7.79. The number of hydrogen-bond acceptors (Lipinski definition) is 10. The van der Waals surface area contributed by atoms with Gasteiger partial charge in [0.1, 0.15) is 17.8 Å². The summed E-state index contributed by atoms with van der Waals surface area (Å²) in [4.78, 5) is 36.5.